The van der Waals surface area contributed by atoms with Gasteiger partial charge in [-0.05, 0) is 36.1 Å². The second-order valence-corrected chi connectivity index (χ2v) is 8.27. The number of nitrogens with one attached hydrogen (secondary N) is 3. The molecule has 0 fully saturated rings. The lowest BCUT2D eigenvalue weighted by molar-refractivity contribution is -0.114. The molecule has 4 rings (SSSR count). The van der Waals surface area contributed by atoms with E-state index in [1.807, 2.05) is 42.5 Å². The zero-order valence-corrected chi connectivity index (χ0v) is 16.8. The summed E-state index contributed by atoms with van der Waals surface area (Å²) in [5, 5.41) is 6.15. The molecule has 0 saturated heterocycles. The second kappa shape index (κ2) is 7.20. The van der Waals surface area contributed by atoms with Crippen molar-refractivity contribution in [2.24, 2.45) is 5.41 Å². The zero-order chi connectivity index (χ0) is 20.6. The summed E-state index contributed by atoms with van der Waals surface area (Å²) < 4.78 is 0. The largest absolute Gasteiger partial charge is 0.356 e. The molecular weight excluding hydrogens is 364 g/mol. The van der Waals surface area contributed by atoms with Crippen LogP contribution in [-0.4, -0.2) is 21.7 Å². The second-order valence-electron chi connectivity index (χ2n) is 8.27. The van der Waals surface area contributed by atoms with Crippen molar-refractivity contribution in [3.8, 4) is 11.3 Å². The summed E-state index contributed by atoms with van der Waals surface area (Å²) in [5.74, 6) is 0.424. The highest BCUT2D eigenvalue weighted by Crippen LogP contribution is 2.43. The maximum Gasteiger partial charge on any atom is 0.222 e. The van der Waals surface area contributed by atoms with Crippen molar-refractivity contribution in [1.82, 2.24) is 9.97 Å². The molecule has 0 radical (unpaired) electrons. The summed E-state index contributed by atoms with van der Waals surface area (Å²) in [6.45, 7) is 5.67. The molecule has 148 valence electrons. The number of amides is 1. The first kappa shape index (κ1) is 18.9. The smallest absolute Gasteiger partial charge is 0.222 e. The Kier molecular flexibility index (Phi) is 4.70. The molecule has 3 aromatic rings. The Hall–Kier alpha value is -3.41. The lowest BCUT2D eigenvalue weighted by Gasteiger charge is -2.28. The molecular formula is C23H24N4O2. The molecule has 3 N–H and O–H groups in total. The van der Waals surface area contributed by atoms with E-state index < -0.39 is 0 Å². The maximum absolute atomic E-state index is 13.0. The number of anilines is 3. The van der Waals surface area contributed by atoms with E-state index in [4.69, 9.17) is 0 Å². The van der Waals surface area contributed by atoms with Gasteiger partial charge in [-0.15, -0.1) is 0 Å². The van der Waals surface area contributed by atoms with E-state index in [1.165, 1.54) is 6.92 Å². The number of carbonyl (C=O) groups is 2. The number of aromatic amines is 1. The van der Waals surface area contributed by atoms with Gasteiger partial charge < -0.3 is 15.6 Å². The molecule has 2 aromatic heterocycles. The molecule has 0 aliphatic heterocycles. The van der Waals surface area contributed by atoms with Crippen LogP contribution in [0.25, 0.3) is 11.3 Å². The minimum Gasteiger partial charge on any atom is -0.356 e. The third kappa shape index (κ3) is 3.92. The van der Waals surface area contributed by atoms with Gasteiger partial charge >= 0.3 is 0 Å². The van der Waals surface area contributed by atoms with Gasteiger partial charge in [0, 0.05) is 36.5 Å². The molecule has 1 amide bonds. The average Bonchev–Trinajstić information content (AvgIpc) is 2.99. The Morgan fingerprint density at radius 2 is 1.90 bits per heavy atom. The molecule has 0 unspecified atom stereocenters. The molecule has 6 heteroatoms. The van der Waals surface area contributed by atoms with Crippen molar-refractivity contribution in [2.45, 2.75) is 33.6 Å². The molecule has 0 spiro atoms. The predicted molar refractivity (Wildman–Crippen MR) is 114 cm³/mol. The van der Waals surface area contributed by atoms with Gasteiger partial charge in [-0.2, -0.15) is 0 Å². The fraction of sp³-hybridized carbons (Fsp3) is 0.261. The number of carbonyl (C=O) groups excluding carboxylic acids is 2. The number of nitrogens with zero attached hydrogens (tertiary/aromatic N) is 1. The third-order valence-electron chi connectivity index (χ3n) is 5.05. The molecule has 2 heterocycles. The van der Waals surface area contributed by atoms with Crippen molar-refractivity contribution in [3.05, 3.63) is 59.9 Å². The van der Waals surface area contributed by atoms with Gasteiger partial charge in [0.05, 0.1) is 16.9 Å². The normalized spacial score (nSPS) is 14.9. The first-order chi connectivity index (χ1) is 13.8. The highest BCUT2D eigenvalue weighted by Gasteiger charge is 2.35. The molecule has 1 aliphatic carbocycles. The summed E-state index contributed by atoms with van der Waals surface area (Å²) >= 11 is 0. The Morgan fingerprint density at radius 3 is 2.62 bits per heavy atom. The number of hydrogen-bond acceptors (Lipinski definition) is 4. The van der Waals surface area contributed by atoms with Crippen molar-refractivity contribution in [2.75, 3.05) is 10.6 Å². The van der Waals surface area contributed by atoms with E-state index in [0.717, 1.165) is 40.3 Å². The first-order valence-corrected chi connectivity index (χ1v) is 9.66. The summed E-state index contributed by atoms with van der Waals surface area (Å²) in [4.78, 5) is 32.2. The molecule has 0 bridgehead atoms. The third-order valence-corrected chi connectivity index (χ3v) is 5.05. The fourth-order valence-corrected chi connectivity index (χ4v) is 3.90. The standard InChI is InChI=1S/C23H24N4O2/c1-14(28)25-19-11-15(9-10-24-19)21-22(26-16-7-5-4-6-8-16)20-17(27-21)12-23(2,3)13-18(20)29/h4-11,26-27H,12-13H2,1-3H3,(H,24,25,28). The Labute approximate surface area is 169 Å². The van der Waals surface area contributed by atoms with Crippen LogP contribution in [0.4, 0.5) is 17.2 Å². The van der Waals surface area contributed by atoms with Gasteiger partial charge in [-0.3, -0.25) is 9.59 Å². The molecule has 29 heavy (non-hydrogen) atoms. The number of aromatic nitrogens is 2. The van der Waals surface area contributed by atoms with E-state index in [1.54, 1.807) is 6.20 Å². The number of pyridine rings is 1. The summed E-state index contributed by atoms with van der Waals surface area (Å²) in [5.41, 5.74) is 4.92. The maximum atomic E-state index is 13.0. The van der Waals surface area contributed by atoms with Crippen LogP contribution in [0.3, 0.4) is 0 Å². The number of rotatable bonds is 4. The minimum atomic E-state index is -0.181. The van der Waals surface area contributed by atoms with Crippen LogP contribution < -0.4 is 10.6 Å². The number of benzene rings is 1. The predicted octanol–water partition coefficient (Wildman–Crippen LogP) is 4.93. The molecule has 0 saturated carbocycles. The SMILES string of the molecule is CC(=O)Nc1cc(-c2[nH]c3c(c2Nc2ccccc2)C(=O)CC(C)(C)C3)ccn1. The van der Waals surface area contributed by atoms with Crippen molar-refractivity contribution >= 4 is 28.9 Å². The van der Waals surface area contributed by atoms with Crippen LogP contribution in [0, 0.1) is 5.41 Å². The number of para-hydroxylation sites is 1. The van der Waals surface area contributed by atoms with E-state index in [0.29, 0.717) is 12.2 Å². The van der Waals surface area contributed by atoms with Gasteiger partial charge in [-0.25, -0.2) is 4.98 Å². The number of ketones is 1. The minimum absolute atomic E-state index is 0.0875. The molecule has 0 atom stereocenters. The van der Waals surface area contributed by atoms with E-state index in [2.05, 4.69) is 34.4 Å². The lowest BCUT2D eigenvalue weighted by Crippen LogP contribution is -2.26. The van der Waals surface area contributed by atoms with Crippen molar-refractivity contribution in [1.29, 1.82) is 0 Å². The summed E-state index contributed by atoms with van der Waals surface area (Å²) in [7, 11) is 0. The van der Waals surface area contributed by atoms with Crippen LogP contribution in [0.5, 0.6) is 0 Å². The molecule has 1 aromatic carbocycles. The Bertz CT molecular complexity index is 1080. The van der Waals surface area contributed by atoms with Gasteiger partial charge in [0.15, 0.2) is 5.78 Å². The number of Topliss-reactive ketones (excluding diaryl/α,β-unsaturated/α-hetero) is 1. The number of fused-ring (bicyclic) bond motifs is 1. The highest BCUT2D eigenvalue weighted by molar-refractivity contribution is 6.07. The van der Waals surface area contributed by atoms with Crippen LogP contribution in [0.2, 0.25) is 0 Å². The van der Waals surface area contributed by atoms with E-state index in [-0.39, 0.29) is 17.1 Å². The topological polar surface area (TPSA) is 86.9 Å². The number of H-pyrrole nitrogens is 1. The average molecular weight is 388 g/mol. The fourth-order valence-electron chi connectivity index (χ4n) is 3.90. The quantitative estimate of drug-likeness (QED) is 0.591. The number of hydrogen-bond donors (Lipinski definition) is 3. The highest BCUT2D eigenvalue weighted by atomic mass is 16.1. The van der Waals surface area contributed by atoms with Gasteiger partial charge in [0.25, 0.3) is 0 Å². The van der Waals surface area contributed by atoms with Gasteiger partial charge in [0.2, 0.25) is 5.91 Å². The van der Waals surface area contributed by atoms with E-state index in [9.17, 15) is 9.59 Å². The van der Waals surface area contributed by atoms with Crippen molar-refractivity contribution < 1.29 is 9.59 Å². The van der Waals surface area contributed by atoms with Crippen LogP contribution in [-0.2, 0) is 11.2 Å². The lowest BCUT2D eigenvalue weighted by atomic mass is 9.76. The molecule has 6 nitrogen and oxygen atoms in total. The summed E-state index contributed by atoms with van der Waals surface area (Å²) in [6.07, 6.45) is 2.95. The Balaban J connectivity index is 1.85. The summed E-state index contributed by atoms with van der Waals surface area (Å²) in [6, 6.07) is 13.5. The van der Waals surface area contributed by atoms with Crippen molar-refractivity contribution in [3.63, 3.8) is 0 Å². The molecule has 1 aliphatic rings. The van der Waals surface area contributed by atoms with Gasteiger partial charge in [-0.1, -0.05) is 32.0 Å². The van der Waals surface area contributed by atoms with Crippen LogP contribution in [0.1, 0.15) is 43.2 Å². The zero-order valence-electron chi connectivity index (χ0n) is 16.8. The van der Waals surface area contributed by atoms with Crippen LogP contribution >= 0.6 is 0 Å². The monoisotopic (exact) mass is 388 g/mol. The van der Waals surface area contributed by atoms with Crippen LogP contribution in [0.15, 0.2) is 48.7 Å². The Morgan fingerprint density at radius 1 is 1.14 bits per heavy atom. The first-order valence-electron chi connectivity index (χ1n) is 9.66. The van der Waals surface area contributed by atoms with E-state index >= 15 is 0 Å². The van der Waals surface area contributed by atoms with Gasteiger partial charge in [0.1, 0.15) is 5.82 Å².